The molecule has 7 nitrogen and oxygen atoms in total. The molecule has 0 saturated heterocycles. The van der Waals surface area contributed by atoms with Crippen molar-refractivity contribution in [3.05, 3.63) is 36.5 Å². The second kappa shape index (κ2) is 34.0. The summed E-state index contributed by atoms with van der Waals surface area (Å²) in [6.45, 7) is 4.46. The molecule has 0 radical (unpaired) electrons. The number of nitrogens with one attached hydrogen (secondary N) is 1. The van der Waals surface area contributed by atoms with Gasteiger partial charge in [-0.1, -0.05) is 172 Å². The quantitative estimate of drug-likeness (QED) is 0.0297. The summed E-state index contributed by atoms with van der Waals surface area (Å²) in [6, 6.07) is -1.23. The van der Waals surface area contributed by atoms with E-state index >= 15 is 0 Å². The first-order valence-corrected chi connectivity index (χ1v) is 21.4. The molecular formula is C40H75NO6S. The molecule has 0 aromatic carbocycles. The van der Waals surface area contributed by atoms with E-state index in [0.29, 0.717) is 6.42 Å². The van der Waals surface area contributed by atoms with E-state index in [0.717, 1.165) is 64.2 Å². The Labute approximate surface area is 296 Å². The number of rotatable bonds is 35. The molecule has 1 amide bonds. The fourth-order valence-electron chi connectivity index (χ4n) is 5.84. The maximum absolute atomic E-state index is 12.5. The van der Waals surface area contributed by atoms with Crippen molar-refractivity contribution >= 4 is 16.0 Å². The topological polar surface area (TPSA) is 124 Å². The number of hydrogen-bond donors (Lipinski definition) is 4. The molecule has 0 aromatic heterocycles. The fourth-order valence-corrected chi connectivity index (χ4v) is 6.57. The molecule has 4 N–H and O–H groups in total. The zero-order chi connectivity index (χ0) is 35.6. The number of carbonyl (C=O) groups excluding carboxylic acids is 1. The SMILES string of the molecule is CCCCCCCCC/C=C/C(O)C(CS(=O)(=O)O)NC(=O)C(O)CCCCCCCC/C=C\C/C=C\CCCCCCCCCCC. The average molecular weight is 698 g/mol. The lowest BCUT2D eigenvalue weighted by molar-refractivity contribution is -0.130. The Morgan fingerprint density at radius 3 is 1.42 bits per heavy atom. The van der Waals surface area contributed by atoms with Crippen LogP contribution in [0.25, 0.3) is 0 Å². The molecule has 8 heteroatoms. The predicted molar refractivity (Wildman–Crippen MR) is 204 cm³/mol. The summed E-state index contributed by atoms with van der Waals surface area (Å²) in [7, 11) is -4.44. The monoisotopic (exact) mass is 698 g/mol. The molecule has 0 aromatic rings. The molecule has 3 unspecified atom stereocenters. The highest BCUT2D eigenvalue weighted by molar-refractivity contribution is 7.85. The van der Waals surface area contributed by atoms with Gasteiger partial charge in [-0.2, -0.15) is 8.42 Å². The molecule has 0 bridgehead atoms. The Bertz CT molecular complexity index is 917. The van der Waals surface area contributed by atoms with Crippen LogP contribution >= 0.6 is 0 Å². The highest BCUT2D eigenvalue weighted by atomic mass is 32.2. The van der Waals surface area contributed by atoms with E-state index < -0.39 is 40.0 Å². The summed E-state index contributed by atoms with van der Waals surface area (Å²) in [6.07, 6.45) is 40.7. The molecule has 0 fully saturated rings. The van der Waals surface area contributed by atoms with Crippen molar-refractivity contribution in [2.45, 2.75) is 205 Å². The molecule has 48 heavy (non-hydrogen) atoms. The smallest absolute Gasteiger partial charge is 0.267 e. The van der Waals surface area contributed by atoms with Crippen LogP contribution in [0, 0.1) is 0 Å². The van der Waals surface area contributed by atoms with Gasteiger partial charge in [-0.3, -0.25) is 9.35 Å². The van der Waals surface area contributed by atoms with E-state index in [4.69, 9.17) is 0 Å². The minimum Gasteiger partial charge on any atom is -0.387 e. The summed E-state index contributed by atoms with van der Waals surface area (Å²) < 4.78 is 32.3. The minimum atomic E-state index is -4.44. The largest absolute Gasteiger partial charge is 0.387 e. The number of allylic oxidation sites excluding steroid dienone is 5. The second-order valence-electron chi connectivity index (χ2n) is 13.7. The van der Waals surface area contributed by atoms with Gasteiger partial charge in [-0.05, 0) is 51.4 Å². The Hall–Kier alpha value is -1.48. The molecule has 3 atom stereocenters. The zero-order valence-electron chi connectivity index (χ0n) is 31.0. The van der Waals surface area contributed by atoms with Crippen molar-refractivity contribution in [3.8, 4) is 0 Å². The first-order chi connectivity index (χ1) is 23.2. The van der Waals surface area contributed by atoms with Gasteiger partial charge < -0.3 is 15.5 Å². The van der Waals surface area contributed by atoms with E-state index in [2.05, 4.69) is 43.5 Å². The molecular weight excluding hydrogens is 623 g/mol. The number of hydrogen-bond acceptors (Lipinski definition) is 5. The van der Waals surface area contributed by atoms with Crippen molar-refractivity contribution in [1.29, 1.82) is 0 Å². The van der Waals surface area contributed by atoms with Crippen LogP contribution in [0.5, 0.6) is 0 Å². The van der Waals surface area contributed by atoms with Gasteiger partial charge in [0, 0.05) is 0 Å². The number of aliphatic hydroxyl groups excluding tert-OH is 2. The summed E-state index contributed by atoms with van der Waals surface area (Å²) >= 11 is 0. The molecule has 0 heterocycles. The summed E-state index contributed by atoms with van der Waals surface area (Å²) in [5.41, 5.74) is 0. The third-order valence-corrected chi connectivity index (χ3v) is 9.70. The number of amides is 1. The fraction of sp³-hybridized carbons (Fsp3) is 0.825. The molecule has 0 aliphatic heterocycles. The van der Waals surface area contributed by atoms with Crippen LogP contribution in [0.3, 0.4) is 0 Å². The van der Waals surface area contributed by atoms with Crippen LogP contribution in [-0.4, -0.2) is 53.1 Å². The van der Waals surface area contributed by atoms with E-state index in [1.165, 1.54) is 102 Å². The van der Waals surface area contributed by atoms with Crippen molar-refractivity contribution in [2.75, 3.05) is 5.75 Å². The van der Waals surface area contributed by atoms with Gasteiger partial charge in [0.05, 0.1) is 17.9 Å². The van der Waals surface area contributed by atoms with Crippen LogP contribution in [0.1, 0.15) is 187 Å². The van der Waals surface area contributed by atoms with E-state index in [1.807, 2.05) is 0 Å². The summed E-state index contributed by atoms with van der Waals surface area (Å²) in [4.78, 5) is 12.5. The Morgan fingerprint density at radius 2 is 0.979 bits per heavy atom. The maximum atomic E-state index is 12.5. The van der Waals surface area contributed by atoms with E-state index in [9.17, 15) is 28.0 Å². The minimum absolute atomic E-state index is 0.268. The highest BCUT2D eigenvalue weighted by Crippen LogP contribution is 2.13. The molecule has 282 valence electrons. The van der Waals surface area contributed by atoms with Crippen LogP contribution in [0.15, 0.2) is 36.5 Å². The Morgan fingerprint density at radius 1 is 0.583 bits per heavy atom. The average Bonchev–Trinajstić information content (AvgIpc) is 3.05. The van der Waals surface area contributed by atoms with Gasteiger partial charge in [-0.25, -0.2) is 0 Å². The second-order valence-corrected chi connectivity index (χ2v) is 15.2. The lowest BCUT2D eigenvalue weighted by atomic mass is 10.0. The highest BCUT2D eigenvalue weighted by Gasteiger charge is 2.27. The molecule has 0 aliphatic rings. The molecule has 0 saturated carbocycles. The Kier molecular flexibility index (Phi) is 32.9. The zero-order valence-corrected chi connectivity index (χ0v) is 31.8. The normalized spacial score (nSPS) is 14.4. The van der Waals surface area contributed by atoms with Crippen molar-refractivity contribution in [2.24, 2.45) is 0 Å². The maximum Gasteiger partial charge on any atom is 0.267 e. The molecule has 0 spiro atoms. The third kappa shape index (κ3) is 33.0. The van der Waals surface area contributed by atoms with Crippen molar-refractivity contribution in [3.63, 3.8) is 0 Å². The third-order valence-electron chi connectivity index (χ3n) is 8.92. The lowest BCUT2D eigenvalue weighted by Gasteiger charge is -2.22. The predicted octanol–water partition coefficient (Wildman–Crippen LogP) is 10.3. The summed E-state index contributed by atoms with van der Waals surface area (Å²) in [5.74, 6) is -1.55. The lowest BCUT2D eigenvalue weighted by Crippen LogP contribution is -2.50. The van der Waals surface area contributed by atoms with Crippen LogP contribution in [0.2, 0.25) is 0 Å². The van der Waals surface area contributed by atoms with Crippen molar-refractivity contribution in [1.82, 2.24) is 5.32 Å². The molecule has 0 aliphatic carbocycles. The van der Waals surface area contributed by atoms with Gasteiger partial charge in [-0.15, -0.1) is 0 Å². The van der Waals surface area contributed by atoms with Crippen LogP contribution in [-0.2, 0) is 14.9 Å². The van der Waals surface area contributed by atoms with Gasteiger partial charge in [0.25, 0.3) is 10.1 Å². The van der Waals surface area contributed by atoms with Crippen LogP contribution < -0.4 is 5.32 Å². The number of aliphatic hydroxyl groups is 2. The Balaban J connectivity index is 3.98. The van der Waals surface area contributed by atoms with Crippen molar-refractivity contribution < 1.29 is 28.0 Å². The van der Waals surface area contributed by atoms with Gasteiger partial charge in [0.1, 0.15) is 6.10 Å². The van der Waals surface area contributed by atoms with Gasteiger partial charge >= 0.3 is 0 Å². The van der Waals surface area contributed by atoms with Gasteiger partial charge in [0.15, 0.2) is 0 Å². The van der Waals surface area contributed by atoms with E-state index in [1.54, 1.807) is 6.08 Å². The standard InChI is InChI=1S/C40H75NO6S/c1-3-5-7-9-11-13-14-15-16-17-18-19-20-21-22-23-24-25-27-29-31-33-35-39(43)40(44)41-37(36-48(45,46)47)38(42)34-32-30-28-26-12-10-8-6-4-2/h18-19,21-22,32,34,37-39,42-43H,3-17,20,23-31,33,35-36H2,1-2H3,(H,41,44)(H,45,46,47)/b19-18-,22-21-,34-32+. The molecule has 0 rings (SSSR count). The number of unbranched alkanes of at least 4 members (excludes halogenated alkanes) is 22. The van der Waals surface area contributed by atoms with Gasteiger partial charge in [0.2, 0.25) is 5.91 Å². The van der Waals surface area contributed by atoms with Crippen LogP contribution in [0.4, 0.5) is 0 Å². The number of carbonyl (C=O) groups is 1. The first kappa shape index (κ1) is 46.5. The summed E-state index contributed by atoms with van der Waals surface area (Å²) in [5, 5.41) is 23.3. The first-order valence-electron chi connectivity index (χ1n) is 19.8. The van der Waals surface area contributed by atoms with E-state index in [-0.39, 0.29) is 6.42 Å².